The maximum Gasteiger partial charge on any atom is 0.323 e. The average Bonchev–Trinajstić information content (AvgIpc) is 2.71. The summed E-state index contributed by atoms with van der Waals surface area (Å²) < 4.78 is 18.7. The Morgan fingerprint density at radius 3 is 2.95 bits per heavy atom. The molecule has 1 heterocycles. The van der Waals surface area contributed by atoms with Crippen molar-refractivity contribution in [1.82, 2.24) is 4.90 Å². The molecule has 0 spiro atoms. The van der Waals surface area contributed by atoms with Gasteiger partial charge in [0.1, 0.15) is 24.2 Å². The molecule has 1 atom stereocenters. The molecule has 2 rings (SSSR count). The molecule has 1 aliphatic heterocycles. The van der Waals surface area contributed by atoms with Gasteiger partial charge in [-0.15, -0.1) is 0 Å². The van der Waals surface area contributed by atoms with Gasteiger partial charge in [0.2, 0.25) is 0 Å². The van der Waals surface area contributed by atoms with E-state index in [2.05, 4.69) is 0 Å². The van der Waals surface area contributed by atoms with E-state index in [-0.39, 0.29) is 24.4 Å². The van der Waals surface area contributed by atoms with Crippen LogP contribution in [-0.4, -0.2) is 41.1 Å². The number of nitrogens with zero attached hydrogens (tertiary/aromatic N) is 2. The quantitative estimate of drug-likeness (QED) is 0.878. The zero-order valence-corrected chi connectivity index (χ0v) is 10.4. The molecule has 1 N–H and O–H groups in total. The van der Waals surface area contributed by atoms with E-state index < -0.39 is 23.8 Å². The van der Waals surface area contributed by atoms with Gasteiger partial charge in [0.15, 0.2) is 6.10 Å². The first-order valence-electron chi connectivity index (χ1n) is 5.88. The molecule has 1 saturated heterocycles. The predicted molar refractivity (Wildman–Crippen MR) is 64.4 cm³/mol. The minimum Gasteiger partial charge on any atom is -0.480 e. The topological polar surface area (TPSA) is 90.6 Å². The number of rotatable bonds is 4. The van der Waals surface area contributed by atoms with Crippen molar-refractivity contribution in [3.8, 4) is 11.8 Å². The van der Waals surface area contributed by atoms with Crippen molar-refractivity contribution in [2.45, 2.75) is 12.5 Å². The van der Waals surface area contributed by atoms with Crippen molar-refractivity contribution in [3.05, 3.63) is 29.6 Å². The number of ether oxygens (including phenoxy) is 1. The SMILES string of the molecule is N#Cc1ccc(OC2CCN(CC(=O)O)C2=O)cc1F. The number of carbonyl (C=O) groups is 2. The van der Waals surface area contributed by atoms with Gasteiger partial charge in [-0.1, -0.05) is 0 Å². The highest BCUT2D eigenvalue weighted by atomic mass is 19.1. The van der Waals surface area contributed by atoms with Crippen LogP contribution in [0.3, 0.4) is 0 Å². The monoisotopic (exact) mass is 278 g/mol. The van der Waals surface area contributed by atoms with Crippen molar-refractivity contribution in [2.75, 3.05) is 13.1 Å². The molecule has 0 bridgehead atoms. The number of benzene rings is 1. The largest absolute Gasteiger partial charge is 0.480 e. The van der Waals surface area contributed by atoms with Crippen LogP contribution in [0.5, 0.6) is 5.75 Å². The van der Waals surface area contributed by atoms with Crippen LogP contribution in [0, 0.1) is 17.1 Å². The summed E-state index contributed by atoms with van der Waals surface area (Å²) in [5, 5.41) is 17.3. The van der Waals surface area contributed by atoms with Crippen LogP contribution in [0.25, 0.3) is 0 Å². The van der Waals surface area contributed by atoms with Crippen LogP contribution in [0.1, 0.15) is 12.0 Å². The minimum absolute atomic E-state index is 0.109. The molecule has 20 heavy (non-hydrogen) atoms. The van der Waals surface area contributed by atoms with Crippen molar-refractivity contribution >= 4 is 11.9 Å². The van der Waals surface area contributed by atoms with Crippen molar-refractivity contribution in [2.24, 2.45) is 0 Å². The van der Waals surface area contributed by atoms with Crippen LogP contribution in [0.15, 0.2) is 18.2 Å². The number of amides is 1. The molecule has 0 aliphatic carbocycles. The summed E-state index contributed by atoms with van der Waals surface area (Å²) in [5.41, 5.74) is -0.109. The summed E-state index contributed by atoms with van der Waals surface area (Å²) in [6, 6.07) is 5.38. The number of carboxylic acid groups (broad SMARTS) is 1. The summed E-state index contributed by atoms with van der Waals surface area (Å²) in [5.74, 6) is -2.12. The fourth-order valence-electron chi connectivity index (χ4n) is 1.96. The zero-order chi connectivity index (χ0) is 14.7. The fraction of sp³-hybridized carbons (Fsp3) is 0.308. The lowest BCUT2D eigenvalue weighted by Gasteiger charge is -2.15. The fourth-order valence-corrected chi connectivity index (χ4v) is 1.96. The molecule has 0 aromatic heterocycles. The molecule has 0 radical (unpaired) electrons. The number of halogens is 1. The number of hydrogen-bond donors (Lipinski definition) is 1. The Balaban J connectivity index is 2.05. The first-order chi connectivity index (χ1) is 9.51. The maximum absolute atomic E-state index is 13.4. The maximum atomic E-state index is 13.4. The van der Waals surface area contributed by atoms with Gasteiger partial charge in [0.05, 0.1) is 5.56 Å². The second kappa shape index (κ2) is 5.57. The summed E-state index contributed by atoms with van der Waals surface area (Å²) >= 11 is 0. The number of likely N-dealkylation sites (tertiary alicyclic amines) is 1. The van der Waals surface area contributed by atoms with Gasteiger partial charge < -0.3 is 14.7 Å². The average molecular weight is 278 g/mol. The lowest BCUT2D eigenvalue weighted by molar-refractivity contribution is -0.144. The molecule has 1 fully saturated rings. The van der Waals surface area contributed by atoms with Gasteiger partial charge in [0, 0.05) is 19.0 Å². The number of nitriles is 1. The number of carbonyl (C=O) groups excluding carboxylic acids is 1. The third kappa shape index (κ3) is 2.85. The van der Waals surface area contributed by atoms with Gasteiger partial charge in [-0.3, -0.25) is 9.59 Å². The number of hydrogen-bond acceptors (Lipinski definition) is 4. The Labute approximate surface area is 114 Å². The van der Waals surface area contributed by atoms with E-state index in [1.54, 1.807) is 6.07 Å². The molecular formula is C13H11FN2O4. The van der Waals surface area contributed by atoms with E-state index in [4.69, 9.17) is 15.1 Å². The van der Waals surface area contributed by atoms with Gasteiger partial charge in [-0.2, -0.15) is 5.26 Å². The Hall–Kier alpha value is -2.62. The summed E-state index contributed by atoms with van der Waals surface area (Å²) in [6.45, 7) is -0.0883. The molecule has 1 aromatic rings. The van der Waals surface area contributed by atoms with E-state index in [1.807, 2.05) is 0 Å². The Kier molecular flexibility index (Phi) is 3.84. The highest BCUT2D eigenvalue weighted by Gasteiger charge is 2.34. The molecule has 1 unspecified atom stereocenters. The standard InChI is InChI=1S/C13H11FN2O4/c14-10-5-9(2-1-8(10)6-15)20-11-3-4-16(13(11)19)7-12(17)18/h1-2,5,11H,3-4,7H2,(H,17,18). The second-order valence-corrected chi connectivity index (χ2v) is 4.30. The smallest absolute Gasteiger partial charge is 0.323 e. The van der Waals surface area contributed by atoms with E-state index in [0.29, 0.717) is 6.42 Å². The van der Waals surface area contributed by atoms with Gasteiger partial charge in [-0.25, -0.2) is 4.39 Å². The third-order valence-corrected chi connectivity index (χ3v) is 2.91. The number of aliphatic carboxylic acids is 1. The highest BCUT2D eigenvalue weighted by molar-refractivity contribution is 5.86. The molecule has 104 valence electrons. The Morgan fingerprint density at radius 1 is 1.60 bits per heavy atom. The number of carboxylic acids is 1. The van der Waals surface area contributed by atoms with Gasteiger partial charge >= 0.3 is 5.97 Å². The van der Waals surface area contributed by atoms with E-state index in [1.165, 1.54) is 17.0 Å². The summed E-state index contributed by atoms with van der Waals surface area (Å²) in [7, 11) is 0. The first-order valence-corrected chi connectivity index (χ1v) is 5.88. The third-order valence-electron chi connectivity index (χ3n) is 2.91. The van der Waals surface area contributed by atoms with Crippen molar-refractivity contribution in [3.63, 3.8) is 0 Å². The van der Waals surface area contributed by atoms with Gasteiger partial charge in [0.25, 0.3) is 5.91 Å². The Bertz CT molecular complexity index is 597. The highest BCUT2D eigenvalue weighted by Crippen LogP contribution is 2.21. The van der Waals surface area contributed by atoms with Crippen LogP contribution >= 0.6 is 0 Å². The first kappa shape index (κ1) is 13.8. The van der Waals surface area contributed by atoms with E-state index >= 15 is 0 Å². The second-order valence-electron chi connectivity index (χ2n) is 4.30. The minimum atomic E-state index is -1.09. The Morgan fingerprint density at radius 2 is 2.35 bits per heavy atom. The molecule has 6 nitrogen and oxygen atoms in total. The molecule has 1 aromatic carbocycles. The molecule has 0 saturated carbocycles. The van der Waals surface area contributed by atoms with Gasteiger partial charge in [-0.05, 0) is 12.1 Å². The van der Waals surface area contributed by atoms with Crippen LogP contribution in [-0.2, 0) is 9.59 Å². The molecular weight excluding hydrogens is 267 g/mol. The lowest BCUT2D eigenvalue weighted by atomic mass is 10.2. The van der Waals surface area contributed by atoms with Crippen LogP contribution < -0.4 is 4.74 Å². The predicted octanol–water partition coefficient (Wildman–Crippen LogP) is 0.762. The van der Waals surface area contributed by atoms with Crippen molar-refractivity contribution < 1.29 is 23.8 Å². The normalized spacial score (nSPS) is 17.9. The summed E-state index contributed by atoms with van der Waals surface area (Å²) in [6.07, 6.45) is -0.477. The molecule has 1 amide bonds. The molecule has 1 aliphatic rings. The molecule has 7 heteroatoms. The zero-order valence-electron chi connectivity index (χ0n) is 10.4. The van der Waals surface area contributed by atoms with Crippen molar-refractivity contribution in [1.29, 1.82) is 5.26 Å². The lowest BCUT2D eigenvalue weighted by Crippen LogP contribution is -2.35. The van der Waals surface area contributed by atoms with E-state index in [0.717, 1.165) is 6.07 Å². The van der Waals surface area contributed by atoms with Crippen LogP contribution in [0.4, 0.5) is 4.39 Å². The van der Waals surface area contributed by atoms with E-state index in [9.17, 15) is 14.0 Å². The summed E-state index contributed by atoms with van der Waals surface area (Å²) in [4.78, 5) is 23.6. The van der Waals surface area contributed by atoms with Crippen LogP contribution in [0.2, 0.25) is 0 Å².